The maximum Gasteiger partial charge on any atom is 0.335 e. The van der Waals surface area contributed by atoms with Crippen molar-refractivity contribution in [3.63, 3.8) is 0 Å². The Bertz CT molecular complexity index is 2920. The number of hydrogen-bond acceptors (Lipinski definition) is 18. The third-order valence-electron chi connectivity index (χ3n) is 17.3. The molecule has 6 heterocycles. The van der Waals surface area contributed by atoms with Gasteiger partial charge in [-0.25, -0.2) is 19.2 Å². The van der Waals surface area contributed by atoms with Gasteiger partial charge in [-0.3, -0.25) is 24.2 Å². The Labute approximate surface area is 467 Å². The monoisotopic (exact) mass is 1130 g/mol. The number of H-pyrrole nitrogens is 1. The van der Waals surface area contributed by atoms with Gasteiger partial charge in [0.1, 0.15) is 22.9 Å². The Morgan fingerprint density at radius 3 is 2.01 bits per heavy atom. The molecule has 1 saturated carbocycles. The molecule has 0 radical (unpaired) electrons. The van der Waals surface area contributed by atoms with E-state index < -0.39 is 88.3 Å². The summed E-state index contributed by atoms with van der Waals surface area (Å²) in [6, 6.07) is 11.8. The van der Waals surface area contributed by atoms with E-state index in [0.717, 1.165) is 78.0 Å². The zero-order valence-corrected chi connectivity index (χ0v) is 46.6. The highest BCUT2D eigenvalue weighted by atomic mass is 16.6. The number of carbonyl (C=O) groups is 7. The van der Waals surface area contributed by atoms with Crippen molar-refractivity contribution in [3.05, 3.63) is 82.6 Å². The van der Waals surface area contributed by atoms with E-state index in [1.807, 2.05) is 27.0 Å². The molecule has 2 aromatic carbocycles. The van der Waals surface area contributed by atoms with Gasteiger partial charge in [-0.15, -0.1) is 0 Å². The number of amides is 1. The van der Waals surface area contributed by atoms with Gasteiger partial charge < -0.3 is 75.4 Å². The zero-order valence-electron chi connectivity index (χ0n) is 46.6. The maximum absolute atomic E-state index is 15.4. The first-order chi connectivity index (χ1) is 38.2. The van der Waals surface area contributed by atoms with E-state index in [9.17, 15) is 33.9 Å². The molecule has 2 bridgehead atoms. The number of aliphatic carboxylic acids is 4. The fraction of sp³-hybridized carbons (Fsp3) is 0.561. The van der Waals surface area contributed by atoms with Gasteiger partial charge in [0.2, 0.25) is 5.91 Å². The van der Waals surface area contributed by atoms with Crippen LogP contribution in [0.15, 0.2) is 60.2 Å². The molecule has 1 aliphatic carbocycles. The van der Waals surface area contributed by atoms with Crippen LogP contribution < -0.4 is 15.0 Å². The maximum atomic E-state index is 15.4. The molecule has 5 aliphatic heterocycles. The Balaban J connectivity index is 0.000000403. The number of nitrogens with zero attached hydrogens (tertiary/aromatic N) is 3. The molecule has 5 unspecified atom stereocenters. The number of aliphatic hydroxyl groups excluding tert-OH is 4. The summed E-state index contributed by atoms with van der Waals surface area (Å²) in [5.41, 5.74) is 2.31. The lowest BCUT2D eigenvalue weighted by Gasteiger charge is -2.64. The van der Waals surface area contributed by atoms with Gasteiger partial charge in [0.15, 0.2) is 24.4 Å². The minimum atomic E-state index is -2.27. The highest BCUT2D eigenvalue weighted by molar-refractivity contribution is 5.94. The molecule has 11 N–H and O–H groups in total. The molecule has 2 fully saturated rings. The van der Waals surface area contributed by atoms with E-state index in [1.54, 1.807) is 7.11 Å². The van der Waals surface area contributed by atoms with Gasteiger partial charge in [-0.1, -0.05) is 69.7 Å². The van der Waals surface area contributed by atoms with Crippen LogP contribution >= 0.6 is 0 Å². The number of carboxylic acids is 4. The van der Waals surface area contributed by atoms with Gasteiger partial charge in [0, 0.05) is 96.9 Å². The van der Waals surface area contributed by atoms with Gasteiger partial charge in [-0.05, 0) is 67.8 Å². The van der Waals surface area contributed by atoms with Crippen LogP contribution in [-0.4, -0.2) is 211 Å². The van der Waals surface area contributed by atoms with Crippen LogP contribution in [0.1, 0.15) is 82.7 Å². The van der Waals surface area contributed by atoms with E-state index in [1.165, 1.54) is 19.6 Å². The quantitative estimate of drug-likeness (QED) is 0.0751. The van der Waals surface area contributed by atoms with Gasteiger partial charge >= 0.3 is 35.8 Å². The fourth-order valence-electron chi connectivity index (χ4n) is 14.0. The number of hydrogen-bond donors (Lipinski definition) is 11. The largest absolute Gasteiger partial charge is 0.496 e. The summed E-state index contributed by atoms with van der Waals surface area (Å²) in [6.07, 6.45) is 0.0955. The number of methoxy groups -OCH3 is 2. The first kappa shape index (κ1) is 61.7. The number of aliphatic hydroxyl groups is 5. The van der Waals surface area contributed by atoms with Crippen molar-refractivity contribution in [3.8, 4) is 5.75 Å². The summed E-state index contributed by atoms with van der Waals surface area (Å²) < 4.78 is 18.8. The number of rotatable bonds is 15. The lowest BCUT2D eigenvalue weighted by atomic mass is 9.47. The van der Waals surface area contributed by atoms with Crippen LogP contribution in [0, 0.1) is 17.3 Å². The molecule has 24 nitrogen and oxygen atoms in total. The normalized spacial score (nSPS) is 29.3. The molecule has 3 aromatic rings. The van der Waals surface area contributed by atoms with Crippen LogP contribution in [0.2, 0.25) is 0 Å². The Hall–Kier alpha value is -6.93. The SMILES string of the molecule is CCC1=C[C@@H]2CN(CCc3c([nH]c4ccccc34)[C@@](C(=O)OC)(c3cc4c(cc3OC)N(C)[C@H]3[C@@](O)(CNC(=O)C(C)C)[C@H](OC(C)=O)[C@]5(CC)C=CCN6CC[C@]43[C@@H]65)C2)C1.O=C(O)C(O)C(O)C(=O)O.O=C(O)C(O)C(O)C(=O)O. The molecule has 13 atom stereocenters. The van der Waals surface area contributed by atoms with Gasteiger partial charge in [-0.2, -0.15) is 0 Å². The lowest BCUT2D eigenvalue weighted by molar-refractivity contribution is -0.217. The summed E-state index contributed by atoms with van der Waals surface area (Å²) in [5.74, 6) is -7.83. The number of carbonyl (C=O) groups excluding carboxylic acids is 3. The average Bonchev–Trinajstić information content (AvgIpc) is 1.59. The van der Waals surface area contributed by atoms with E-state index in [2.05, 4.69) is 87.4 Å². The van der Waals surface area contributed by atoms with Crippen LogP contribution in [0.4, 0.5) is 5.69 Å². The fourth-order valence-corrected chi connectivity index (χ4v) is 14.0. The molecular formula is C57H75N5O19. The second kappa shape index (κ2) is 23.9. The predicted molar refractivity (Wildman–Crippen MR) is 289 cm³/mol. The molecule has 6 aliphatic rings. The van der Waals surface area contributed by atoms with E-state index in [4.69, 9.17) is 55.1 Å². The van der Waals surface area contributed by atoms with Gasteiger partial charge in [0.05, 0.1) is 26.8 Å². The number of aromatic amines is 1. The van der Waals surface area contributed by atoms with Crippen LogP contribution in [0.25, 0.3) is 10.9 Å². The second-order valence-electron chi connectivity index (χ2n) is 22.2. The van der Waals surface area contributed by atoms with Crippen molar-refractivity contribution in [2.24, 2.45) is 17.3 Å². The summed E-state index contributed by atoms with van der Waals surface area (Å²) >= 11 is 0. The van der Waals surface area contributed by atoms with Crippen molar-refractivity contribution >= 4 is 58.3 Å². The average molecular weight is 1130 g/mol. The van der Waals surface area contributed by atoms with Crippen molar-refractivity contribution in [2.75, 3.05) is 65.4 Å². The first-order valence-electron chi connectivity index (χ1n) is 27.0. The van der Waals surface area contributed by atoms with Crippen LogP contribution in [0.3, 0.4) is 0 Å². The van der Waals surface area contributed by atoms with Crippen molar-refractivity contribution in [1.82, 2.24) is 20.1 Å². The highest BCUT2D eigenvalue weighted by Gasteiger charge is 2.78. The summed E-state index contributed by atoms with van der Waals surface area (Å²) in [6.45, 7) is 13.3. The Morgan fingerprint density at radius 1 is 0.852 bits per heavy atom. The number of fused-ring (bicyclic) bond motifs is 6. The third kappa shape index (κ3) is 10.7. The molecule has 24 heteroatoms. The minimum absolute atomic E-state index is 0.0405. The van der Waals surface area contributed by atoms with Crippen molar-refractivity contribution in [2.45, 2.75) is 126 Å². The summed E-state index contributed by atoms with van der Waals surface area (Å²) in [7, 11) is 5.15. The summed E-state index contributed by atoms with van der Waals surface area (Å²) in [4.78, 5) is 92.0. The van der Waals surface area contributed by atoms with Crippen LogP contribution in [-0.2, 0) is 60.3 Å². The number of anilines is 1. The van der Waals surface area contributed by atoms with Crippen molar-refractivity contribution in [1.29, 1.82) is 0 Å². The number of aromatic nitrogens is 1. The molecule has 81 heavy (non-hydrogen) atoms. The highest BCUT2D eigenvalue weighted by Crippen LogP contribution is 2.68. The van der Waals surface area contributed by atoms with E-state index >= 15 is 4.79 Å². The Morgan fingerprint density at radius 2 is 1.47 bits per heavy atom. The smallest absolute Gasteiger partial charge is 0.335 e. The molecule has 1 aromatic heterocycles. The molecule has 1 spiro atoms. The van der Waals surface area contributed by atoms with E-state index in [-0.39, 0.29) is 36.3 Å². The number of carboxylic acid groups (broad SMARTS) is 4. The van der Waals surface area contributed by atoms with Crippen LogP contribution in [0.5, 0.6) is 5.75 Å². The molecule has 1 amide bonds. The number of nitrogens with one attached hydrogen (secondary N) is 2. The molecule has 9 rings (SSSR count). The number of benzene rings is 2. The van der Waals surface area contributed by atoms with Crippen molar-refractivity contribution < 1.29 is 93.7 Å². The molecular weight excluding hydrogens is 1060 g/mol. The number of ether oxygens (including phenoxy) is 3. The number of esters is 2. The molecule has 1 saturated heterocycles. The zero-order chi connectivity index (χ0) is 59.8. The van der Waals surface area contributed by atoms with E-state index in [0.29, 0.717) is 31.6 Å². The lowest BCUT2D eigenvalue weighted by Crippen LogP contribution is -2.81. The topological polar surface area (TPSA) is 367 Å². The number of para-hydroxylation sites is 1. The van der Waals surface area contributed by atoms with Gasteiger partial charge in [0.25, 0.3) is 0 Å². The summed E-state index contributed by atoms with van der Waals surface area (Å²) in [5, 5.41) is 83.0. The first-order valence-corrected chi connectivity index (χ1v) is 27.0. The Kier molecular flexibility index (Phi) is 18.2. The predicted octanol–water partition coefficient (Wildman–Crippen LogP) is 1.15. The standard InChI is InChI=1S/C49H63N5O7.2C4H6O6/c1-9-31-22-32-25-48(45(57)60-8,40-34(16-20-53(26-31)27-32)33-14-11-12-15-37(33)51-40)36-23-35-38(24-39(36)59-7)52(6)43-47(35)18-21-54-19-13-17-46(10-2,42(47)54)44(61-30(5)55)49(43,58)28-50-41(56)29(3)4;2*5-1(3(7)8)2(6)4(9)10/h11-15,17,22-24,29,32,42-44,51,58H,9-10,16,18-21,25-28H2,1-8H3,(H,50,56);2*1-2,5-6H,(H,7,8)(H,9,10)/t32-,42-,43+,44+,46+,47+,48-,49-;;/m0../s1. The number of likely N-dealkylation sites (N-methyl/N-ethyl adjacent to an activating group) is 1. The third-order valence-corrected chi connectivity index (χ3v) is 17.3. The molecule has 442 valence electrons. The minimum Gasteiger partial charge on any atom is -0.496 e. The second-order valence-corrected chi connectivity index (χ2v) is 22.2.